The van der Waals surface area contributed by atoms with Gasteiger partial charge >= 0.3 is 6.18 Å². The fourth-order valence-electron chi connectivity index (χ4n) is 4.17. The van der Waals surface area contributed by atoms with E-state index < -0.39 is 11.7 Å². The molecule has 2 fully saturated rings. The van der Waals surface area contributed by atoms with Gasteiger partial charge in [-0.1, -0.05) is 18.2 Å². The van der Waals surface area contributed by atoms with E-state index in [1.165, 1.54) is 23.5 Å². The minimum absolute atomic E-state index is 0.0290. The van der Waals surface area contributed by atoms with Crippen molar-refractivity contribution in [2.75, 3.05) is 58.9 Å². The van der Waals surface area contributed by atoms with E-state index in [0.717, 1.165) is 48.8 Å². The van der Waals surface area contributed by atoms with E-state index in [9.17, 15) is 22.8 Å². The molecule has 2 aromatic rings. The van der Waals surface area contributed by atoms with Crippen molar-refractivity contribution in [2.24, 2.45) is 0 Å². The van der Waals surface area contributed by atoms with Crippen molar-refractivity contribution in [1.29, 1.82) is 0 Å². The lowest BCUT2D eigenvalue weighted by atomic mass is 10.1. The molecule has 10 heteroatoms. The van der Waals surface area contributed by atoms with E-state index in [2.05, 4.69) is 9.80 Å². The largest absolute Gasteiger partial charge is 0.416 e. The number of hydrogen-bond donors (Lipinski definition) is 0. The summed E-state index contributed by atoms with van der Waals surface area (Å²) in [5.41, 5.74) is 0.216. The van der Waals surface area contributed by atoms with Crippen LogP contribution < -0.4 is 0 Å². The molecule has 2 aliphatic heterocycles. The molecular formula is C23H27F3N4O2S. The van der Waals surface area contributed by atoms with Crippen LogP contribution in [0.25, 0.3) is 0 Å². The van der Waals surface area contributed by atoms with Gasteiger partial charge in [0.25, 0.3) is 5.91 Å². The predicted octanol–water partition coefficient (Wildman–Crippen LogP) is 2.87. The zero-order valence-corrected chi connectivity index (χ0v) is 19.1. The fraction of sp³-hybridized carbons (Fsp3) is 0.478. The van der Waals surface area contributed by atoms with Crippen LogP contribution in [0.5, 0.6) is 0 Å². The molecule has 4 rings (SSSR count). The number of halogens is 3. The van der Waals surface area contributed by atoms with Crippen molar-refractivity contribution < 1.29 is 22.8 Å². The van der Waals surface area contributed by atoms with Gasteiger partial charge in [0.2, 0.25) is 5.91 Å². The summed E-state index contributed by atoms with van der Waals surface area (Å²) in [5, 5.41) is 1.89. The van der Waals surface area contributed by atoms with Crippen molar-refractivity contribution in [2.45, 2.75) is 12.7 Å². The highest BCUT2D eigenvalue weighted by molar-refractivity contribution is 7.12. The van der Waals surface area contributed by atoms with Gasteiger partial charge < -0.3 is 9.80 Å². The van der Waals surface area contributed by atoms with Crippen molar-refractivity contribution in [3.63, 3.8) is 0 Å². The van der Waals surface area contributed by atoms with Crippen LogP contribution in [0.4, 0.5) is 13.2 Å². The van der Waals surface area contributed by atoms with E-state index in [1.54, 1.807) is 4.90 Å². The third kappa shape index (κ3) is 6.13. The van der Waals surface area contributed by atoms with Gasteiger partial charge in [-0.25, -0.2) is 0 Å². The number of nitrogens with zero attached hydrogens (tertiary/aromatic N) is 4. The molecule has 178 valence electrons. The minimum atomic E-state index is -4.32. The number of piperazine rings is 2. The highest BCUT2D eigenvalue weighted by Crippen LogP contribution is 2.29. The number of thiophene rings is 1. The van der Waals surface area contributed by atoms with Gasteiger partial charge in [-0.15, -0.1) is 11.3 Å². The molecule has 0 spiro atoms. The average Bonchev–Trinajstić information content (AvgIpc) is 3.35. The van der Waals surface area contributed by atoms with Gasteiger partial charge in [-0.2, -0.15) is 13.2 Å². The molecule has 0 saturated carbocycles. The van der Waals surface area contributed by atoms with E-state index in [0.29, 0.717) is 39.3 Å². The summed E-state index contributed by atoms with van der Waals surface area (Å²) in [6.45, 7) is 6.13. The molecule has 1 aromatic carbocycles. The molecule has 2 saturated heterocycles. The van der Waals surface area contributed by atoms with Crippen LogP contribution in [-0.2, 0) is 17.5 Å². The third-order valence-electron chi connectivity index (χ3n) is 6.16. The second-order valence-corrected chi connectivity index (χ2v) is 9.34. The maximum atomic E-state index is 12.7. The number of carbonyl (C=O) groups is 2. The first kappa shape index (κ1) is 23.7. The SMILES string of the molecule is O=C(CN1CCN(Cc2ccc(C(F)(F)F)cc2)CC1)N1CCN(C(=O)c2cccs2)CC1. The van der Waals surface area contributed by atoms with E-state index in [-0.39, 0.29) is 11.8 Å². The Hall–Kier alpha value is -2.43. The summed E-state index contributed by atoms with van der Waals surface area (Å²) in [6.07, 6.45) is -4.32. The first-order chi connectivity index (χ1) is 15.8. The normalized spacial score (nSPS) is 18.5. The lowest BCUT2D eigenvalue weighted by molar-refractivity contribution is -0.137. The van der Waals surface area contributed by atoms with Crippen molar-refractivity contribution in [1.82, 2.24) is 19.6 Å². The molecular weight excluding hydrogens is 453 g/mol. The number of hydrogen-bond acceptors (Lipinski definition) is 5. The van der Waals surface area contributed by atoms with Crippen LogP contribution in [-0.4, -0.2) is 90.3 Å². The number of carbonyl (C=O) groups excluding carboxylic acids is 2. The minimum Gasteiger partial charge on any atom is -0.338 e. The molecule has 0 N–H and O–H groups in total. The molecule has 2 aliphatic rings. The maximum absolute atomic E-state index is 12.7. The average molecular weight is 481 g/mol. The number of alkyl halides is 3. The lowest BCUT2D eigenvalue weighted by Crippen LogP contribution is -2.54. The molecule has 0 atom stereocenters. The summed E-state index contributed by atoms with van der Waals surface area (Å²) in [5.74, 6) is 0.107. The molecule has 2 amide bonds. The standard InChI is InChI=1S/C23H27F3N4O2S/c24-23(25,26)19-5-3-18(4-6-19)16-27-7-9-28(10-8-27)17-21(31)29-11-13-30(14-12-29)22(32)20-2-1-15-33-20/h1-6,15H,7-14,16-17H2. The Bertz CT molecular complexity index is 934. The molecule has 1 aromatic heterocycles. The Morgan fingerprint density at radius 3 is 2.00 bits per heavy atom. The molecule has 3 heterocycles. The summed E-state index contributed by atoms with van der Waals surface area (Å²) >= 11 is 1.43. The van der Waals surface area contributed by atoms with Gasteiger partial charge in [0.05, 0.1) is 17.0 Å². The van der Waals surface area contributed by atoms with Crippen LogP contribution in [0, 0.1) is 0 Å². The summed E-state index contributed by atoms with van der Waals surface area (Å²) in [4.78, 5) is 33.8. The Labute approximate surface area is 195 Å². The number of amides is 2. The Balaban J connectivity index is 1.18. The Kier molecular flexibility index (Phi) is 7.35. The highest BCUT2D eigenvalue weighted by Gasteiger charge is 2.30. The number of rotatable bonds is 5. The fourth-order valence-corrected chi connectivity index (χ4v) is 4.86. The Morgan fingerprint density at radius 2 is 1.42 bits per heavy atom. The second kappa shape index (κ2) is 10.2. The molecule has 0 bridgehead atoms. The van der Waals surface area contributed by atoms with Crippen LogP contribution in [0.3, 0.4) is 0 Å². The lowest BCUT2D eigenvalue weighted by Gasteiger charge is -2.38. The van der Waals surface area contributed by atoms with Gasteiger partial charge in [0.1, 0.15) is 0 Å². The van der Waals surface area contributed by atoms with Crippen LogP contribution >= 0.6 is 11.3 Å². The summed E-state index contributed by atoms with van der Waals surface area (Å²) in [7, 11) is 0. The van der Waals surface area contributed by atoms with Gasteiger partial charge in [0, 0.05) is 58.9 Å². The summed E-state index contributed by atoms with van der Waals surface area (Å²) < 4.78 is 38.1. The van der Waals surface area contributed by atoms with Crippen LogP contribution in [0.1, 0.15) is 20.8 Å². The molecule has 6 nitrogen and oxygen atoms in total. The quantitative estimate of drug-likeness (QED) is 0.661. The summed E-state index contributed by atoms with van der Waals surface area (Å²) in [6, 6.07) is 8.99. The molecule has 33 heavy (non-hydrogen) atoms. The second-order valence-electron chi connectivity index (χ2n) is 8.40. The third-order valence-corrected chi connectivity index (χ3v) is 7.02. The first-order valence-corrected chi connectivity index (χ1v) is 11.9. The maximum Gasteiger partial charge on any atom is 0.416 e. The first-order valence-electron chi connectivity index (χ1n) is 11.0. The number of benzene rings is 1. The van der Waals surface area contributed by atoms with Crippen molar-refractivity contribution >= 4 is 23.2 Å². The van der Waals surface area contributed by atoms with E-state index >= 15 is 0 Å². The smallest absolute Gasteiger partial charge is 0.338 e. The Morgan fingerprint density at radius 1 is 0.818 bits per heavy atom. The van der Waals surface area contributed by atoms with Gasteiger partial charge in [0.15, 0.2) is 0 Å². The van der Waals surface area contributed by atoms with Crippen molar-refractivity contribution in [3.8, 4) is 0 Å². The molecule has 0 radical (unpaired) electrons. The van der Waals surface area contributed by atoms with Gasteiger partial charge in [-0.3, -0.25) is 19.4 Å². The molecule has 0 aliphatic carbocycles. The van der Waals surface area contributed by atoms with E-state index in [4.69, 9.17) is 0 Å². The van der Waals surface area contributed by atoms with Crippen LogP contribution in [0.2, 0.25) is 0 Å². The predicted molar refractivity (Wildman–Crippen MR) is 120 cm³/mol. The highest BCUT2D eigenvalue weighted by atomic mass is 32.1. The monoisotopic (exact) mass is 480 g/mol. The van der Waals surface area contributed by atoms with Crippen molar-refractivity contribution in [3.05, 3.63) is 57.8 Å². The zero-order chi connectivity index (χ0) is 23.4. The molecule has 0 unspecified atom stereocenters. The zero-order valence-electron chi connectivity index (χ0n) is 18.3. The van der Waals surface area contributed by atoms with Crippen LogP contribution in [0.15, 0.2) is 41.8 Å². The van der Waals surface area contributed by atoms with E-state index in [1.807, 2.05) is 22.4 Å². The van der Waals surface area contributed by atoms with Gasteiger partial charge in [-0.05, 0) is 29.1 Å². The topological polar surface area (TPSA) is 47.1 Å².